The second-order valence-corrected chi connectivity index (χ2v) is 5.50. The summed E-state index contributed by atoms with van der Waals surface area (Å²) >= 11 is 1.57. The average Bonchev–Trinajstić information content (AvgIpc) is 2.61. The van der Waals surface area contributed by atoms with Gasteiger partial charge in [0.15, 0.2) is 5.78 Å². The lowest BCUT2D eigenvalue weighted by Crippen LogP contribution is -2.19. The Morgan fingerprint density at radius 3 is 2.73 bits per heavy atom. The first-order valence-electron chi connectivity index (χ1n) is 4.86. The van der Waals surface area contributed by atoms with E-state index in [4.69, 9.17) is 0 Å². The van der Waals surface area contributed by atoms with E-state index in [0.717, 1.165) is 15.8 Å². The molecule has 0 saturated carbocycles. The summed E-state index contributed by atoms with van der Waals surface area (Å²) in [5, 5.41) is 0. The minimum atomic E-state index is -0.321. The summed E-state index contributed by atoms with van der Waals surface area (Å²) < 4.78 is 1.07. The number of Topliss-reactive ketones (excluding diaryl/α,β-unsaturated/α-hetero) is 1. The number of carbonyl (C=O) groups excluding carboxylic acids is 1. The monoisotopic (exact) mass is 219 g/mol. The van der Waals surface area contributed by atoms with E-state index in [2.05, 4.69) is 4.98 Å². The summed E-state index contributed by atoms with van der Waals surface area (Å²) in [6.45, 7) is 5.81. The van der Waals surface area contributed by atoms with E-state index in [-0.39, 0.29) is 11.2 Å². The summed E-state index contributed by atoms with van der Waals surface area (Å²) in [4.78, 5) is 16.2. The number of benzene rings is 1. The highest BCUT2D eigenvalue weighted by molar-refractivity contribution is 7.16. The molecule has 0 fully saturated rings. The van der Waals surface area contributed by atoms with Crippen LogP contribution in [0, 0.1) is 5.41 Å². The van der Waals surface area contributed by atoms with E-state index in [9.17, 15) is 4.79 Å². The van der Waals surface area contributed by atoms with Gasteiger partial charge in [0, 0.05) is 11.0 Å². The molecule has 0 amide bonds. The van der Waals surface area contributed by atoms with Crippen LogP contribution >= 0.6 is 11.3 Å². The second kappa shape index (κ2) is 3.42. The Hall–Kier alpha value is -1.22. The van der Waals surface area contributed by atoms with E-state index in [1.807, 2.05) is 39.0 Å². The molecule has 15 heavy (non-hydrogen) atoms. The maximum absolute atomic E-state index is 12.0. The molecular weight excluding hydrogens is 206 g/mol. The number of thiazole rings is 1. The first-order valence-corrected chi connectivity index (χ1v) is 5.74. The van der Waals surface area contributed by atoms with Crippen molar-refractivity contribution in [2.75, 3.05) is 0 Å². The van der Waals surface area contributed by atoms with Crippen LogP contribution < -0.4 is 0 Å². The van der Waals surface area contributed by atoms with Crippen molar-refractivity contribution < 1.29 is 4.79 Å². The Bertz CT molecular complexity index is 508. The van der Waals surface area contributed by atoms with Gasteiger partial charge in [0.25, 0.3) is 0 Å². The van der Waals surface area contributed by atoms with Gasteiger partial charge in [-0.3, -0.25) is 4.79 Å². The molecule has 0 unspecified atom stereocenters. The van der Waals surface area contributed by atoms with Crippen molar-refractivity contribution in [1.29, 1.82) is 0 Å². The van der Waals surface area contributed by atoms with Crippen LogP contribution in [0.25, 0.3) is 10.2 Å². The molecule has 0 aliphatic carbocycles. The molecule has 2 nitrogen and oxygen atoms in total. The van der Waals surface area contributed by atoms with E-state index in [1.165, 1.54) is 0 Å². The summed E-state index contributed by atoms with van der Waals surface area (Å²) in [6, 6.07) is 5.70. The lowest BCUT2D eigenvalue weighted by molar-refractivity contribution is 0.0858. The maximum atomic E-state index is 12.0. The number of nitrogens with zero attached hydrogens (tertiary/aromatic N) is 1. The van der Waals surface area contributed by atoms with Crippen LogP contribution in [0.3, 0.4) is 0 Å². The topological polar surface area (TPSA) is 30.0 Å². The number of rotatable bonds is 1. The molecule has 1 aromatic carbocycles. The summed E-state index contributed by atoms with van der Waals surface area (Å²) in [7, 11) is 0. The highest BCUT2D eigenvalue weighted by Gasteiger charge is 2.22. The largest absolute Gasteiger partial charge is 0.294 e. The smallest absolute Gasteiger partial charge is 0.168 e. The minimum Gasteiger partial charge on any atom is -0.294 e. The van der Waals surface area contributed by atoms with Gasteiger partial charge < -0.3 is 0 Å². The minimum absolute atomic E-state index is 0.179. The normalized spacial score (nSPS) is 11.9. The van der Waals surface area contributed by atoms with Crippen LogP contribution in [0.1, 0.15) is 31.1 Å². The number of hydrogen-bond donors (Lipinski definition) is 0. The van der Waals surface area contributed by atoms with Crippen molar-refractivity contribution in [2.24, 2.45) is 5.41 Å². The predicted molar refractivity (Wildman–Crippen MR) is 63.4 cm³/mol. The van der Waals surface area contributed by atoms with Crippen molar-refractivity contribution >= 4 is 27.3 Å². The SMILES string of the molecule is CC(C)(C)C(=O)c1ccc2ncsc2c1. The number of hydrogen-bond acceptors (Lipinski definition) is 3. The molecule has 0 bridgehead atoms. The molecule has 1 heterocycles. The zero-order chi connectivity index (χ0) is 11.1. The third-order valence-corrected chi connectivity index (χ3v) is 3.07. The lowest BCUT2D eigenvalue weighted by Gasteiger charge is -2.16. The number of fused-ring (bicyclic) bond motifs is 1. The van der Waals surface area contributed by atoms with E-state index >= 15 is 0 Å². The van der Waals surface area contributed by atoms with E-state index in [0.29, 0.717) is 0 Å². The molecule has 0 saturated heterocycles. The number of aromatic nitrogens is 1. The molecule has 1 aromatic heterocycles. The molecule has 0 aliphatic heterocycles. The zero-order valence-corrected chi connectivity index (χ0v) is 9.89. The molecule has 2 aromatic rings. The summed E-state index contributed by atoms with van der Waals surface area (Å²) in [6.07, 6.45) is 0. The van der Waals surface area contributed by atoms with Gasteiger partial charge in [-0.05, 0) is 18.2 Å². The van der Waals surface area contributed by atoms with Crippen LogP contribution in [-0.4, -0.2) is 10.8 Å². The van der Waals surface area contributed by atoms with Crippen LogP contribution in [-0.2, 0) is 0 Å². The molecule has 0 atom stereocenters. The van der Waals surface area contributed by atoms with Crippen molar-refractivity contribution in [2.45, 2.75) is 20.8 Å². The Balaban J connectivity index is 2.49. The lowest BCUT2D eigenvalue weighted by atomic mass is 9.86. The van der Waals surface area contributed by atoms with Gasteiger partial charge in [-0.15, -0.1) is 11.3 Å². The van der Waals surface area contributed by atoms with E-state index < -0.39 is 0 Å². The summed E-state index contributed by atoms with van der Waals surface area (Å²) in [5.74, 6) is 0.179. The first kappa shape index (κ1) is 10.3. The molecule has 0 aliphatic rings. The molecule has 0 radical (unpaired) electrons. The molecule has 3 heteroatoms. The second-order valence-electron chi connectivity index (χ2n) is 4.61. The average molecular weight is 219 g/mol. The van der Waals surface area contributed by atoms with Gasteiger partial charge in [0.2, 0.25) is 0 Å². The Morgan fingerprint density at radius 1 is 1.33 bits per heavy atom. The predicted octanol–water partition coefficient (Wildman–Crippen LogP) is 3.53. The van der Waals surface area contributed by atoms with Gasteiger partial charge in [-0.1, -0.05) is 20.8 Å². The van der Waals surface area contributed by atoms with E-state index in [1.54, 1.807) is 16.8 Å². The number of carbonyl (C=O) groups is 1. The van der Waals surface area contributed by atoms with Crippen LogP contribution in [0.2, 0.25) is 0 Å². The van der Waals surface area contributed by atoms with Crippen LogP contribution in [0.15, 0.2) is 23.7 Å². The Kier molecular flexibility index (Phi) is 2.35. The fraction of sp³-hybridized carbons (Fsp3) is 0.333. The van der Waals surface area contributed by atoms with Crippen molar-refractivity contribution in [3.05, 3.63) is 29.3 Å². The molecule has 0 N–H and O–H groups in total. The molecule has 0 spiro atoms. The van der Waals surface area contributed by atoms with Gasteiger partial charge in [-0.25, -0.2) is 4.98 Å². The van der Waals surface area contributed by atoms with Gasteiger partial charge in [-0.2, -0.15) is 0 Å². The van der Waals surface area contributed by atoms with Gasteiger partial charge >= 0.3 is 0 Å². The number of ketones is 1. The fourth-order valence-electron chi connectivity index (χ4n) is 1.43. The van der Waals surface area contributed by atoms with Gasteiger partial charge in [0.1, 0.15) is 0 Å². The standard InChI is InChI=1S/C12H13NOS/c1-12(2,3)11(14)8-4-5-9-10(6-8)15-7-13-9/h4-7H,1-3H3. The van der Waals surface area contributed by atoms with Crippen LogP contribution in [0.4, 0.5) is 0 Å². The first-order chi connectivity index (χ1) is 6.98. The quantitative estimate of drug-likeness (QED) is 0.687. The third-order valence-electron chi connectivity index (χ3n) is 2.27. The maximum Gasteiger partial charge on any atom is 0.168 e. The molecule has 78 valence electrons. The van der Waals surface area contributed by atoms with Crippen molar-refractivity contribution in [3.8, 4) is 0 Å². The zero-order valence-electron chi connectivity index (χ0n) is 9.07. The molecule has 2 rings (SSSR count). The summed E-state index contributed by atoms with van der Waals surface area (Å²) in [5.41, 5.74) is 3.22. The Labute approximate surface area is 93.0 Å². The Morgan fingerprint density at radius 2 is 2.07 bits per heavy atom. The van der Waals surface area contributed by atoms with Crippen molar-refractivity contribution in [3.63, 3.8) is 0 Å². The third kappa shape index (κ3) is 1.92. The highest BCUT2D eigenvalue weighted by Crippen LogP contribution is 2.25. The highest BCUT2D eigenvalue weighted by atomic mass is 32.1. The van der Waals surface area contributed by atoms with Crippen molar-refractivity contribution in [1.82, 2.24) is 4.98 Å². The van der Waals surface area contributed by atoms with Crippen LogP contribution in [0.5, 0.6) is 0 Å². The molecular formula is C12H13NOS. The van der Waals surface area contributed by atoms with Gasteiger partial charge in [0.05, 0.1) is 15.7 Å². The fourth-order valence-corrected chi connectivity index (χ4v) is 2.15.